The van der Waals surface area contributed by atoms with Gasteiger partial charge in [-0.05, 0) is 13.8 Å². The Morgan fingerprint density at radius 2 is 1.96 bits per heavy atom. The molecule has 0 radical (unpaired) electrons. The van der Waals surface area contributed by atoms with E-state index in [0.717, 1.165) is 0 Å². The summed E-state index contributed by atoms with van der Waals surface area (Å²) in [4.78, 5) is 46.9. The molecule has 0 aliphatic carbocycles. The fraction of sp³-hybridized carbons (Fsp3) is 0.529. The number of nitrogens with zero attached hydrogens (tertiary/aromatic N) is 3. The Balaban J connectivity index is 1.83. The van der Waals surface area contributed by atoms with Crippen molar-refractivity contribution in [3.05, 3.63) is 27.5 Å². The topological polar surface area (TPSA) is 109 Å². The number of rotatable bonds is 4. The summed E-state index contributed by atoms with van der Waals surface area (Å²) in [5.74, 6) is 0.242. The van der Waals surface area contributed by atoms with Gasteiger partial charge in [0.25, 0.3) is 5.56 Å². The molecule has 3 rings (SSSR count). The largest absolute Gasteiger partial charge is 0.462 e. The van der Waals surface area contributed by atoms with Crippen LogP contribution in [0.15, 0.2) is 9.21 Å². The summed E-state index contributed by atoms with van der Waals surface area (Å²) in [6, 6.07) is 0. The van der Waals surface area contributed by atoms with Gasteiger partial charge in [-0.25, -0.2) is 4.79 Å². The first kappa shape index (κ1) is 18.1. The number of aryl methyl sites for hydroxylation is 1. The molecule has 2 aromatic rings. The number of amides is 1. The van der Waals surface area contributed by atoms with E-state index in [0.29, 0.717) is 44.3 Å². The third kappa shape index (κ3) is 3.48. The maximum Gasteiger partial charge on any atom is 0.342 e. The zero-order valence-corrected chi connectivity index (χ0v) is 15.1. The van der Waals surface area contributed by atoms with Gasteiger partial charge >= 0.3 is 5.97 Å². The summed E-state index contributed by atoms with van der Waals surface area (Å²) in [6.45, 7) is 8.20. The Morgan fingerprint density at radius 1 is 1.27 bits per heavy atom. The standard InChI is InChI=1S/C17H22N4O5/c1-4-25-17(24)13-10(2)26-16-14(13)15(23)18-12(19-16)9-20-5-7-21(8-6-20)11(3)22/h4-9H2,1-3H3,(H,18,19,23). The van der Waals surface area contributed by atoms with Gasteiger partial charge in [0.2, 0.25) is 11.6 Å². The Morgan fingerprint density at radius 3 is 2.58 bits per heavy atom. The lowest BCUT2D eigenvalue weighted by Gasteiger charge is -2.33. The third-order valence-electron chi connectivity index (χ3n) is 4.46. The minimum absolute atomic E-state index is 0.0650. The molecule has 0 atom stereocenters. The highest BCUT2D eigenvalue weighted by Gasteiger charge is 2.24. The van der Waals surface area contributed by atoms with E-state index in [9.17, 15) is 14.4 Å². The SMILES string of the molecule is CCOC(=O)c1c(C)oc2nc(CN3CCN(C(C)=O)CC3)[nH]c(=O)c12. The number of fused-ring (bicyclic) bond motifs is 1. The van der Waals surface area contributed by atoms with Crippen LogP contribution in [0.3, 0.4) is 0 Å². The summed E-state index contributed by atoms with van der Waals surface area (Å²) in [5.41, 5.74) is -0.170. The molecule has 0 bridgehead atoms. The number of hydrogen-bond donors (Lipinski definition) is 1. The van der Waals surface area contributed by atoms with Crippen LogP contribution in [0.4, 0.5) is 0 Å². The Labute approximate surface area is 149 Å². The zero-order chi connectivity index (χ0) is 18.8. The van der Waals surface area contributed by atoms with Gasteiger partial charge in [-0.3, -0.25) is 14.5 Å². The van der Waals surface area contributed by atoms with E-state index in [1.807, 2.05) is 0 Å². The molecule has 9 heteroatoms. The number of esters is 1. The van der Waals surface area contributed by atoms with E-state index in [2.05, 4.69) is 14.9 Å². The van der Waals surface area contributed by atoms with Crippen LogP contribution < -0.4 is 5.56 Å². The number of aromatic nitrogens is 2. The van der Waals surface area contributed by atoms with Gasteiger partial charge in [0, 0.05) is 33.1 Å². The Kier molecular flexibility index (Phi) is 5.08. The van der Waals surface area contributed by atoms with E-state index in [4.69, 9.17) is 9.15 Å². The molecule has 1 amide bonds. The molecule has 1 aliphatic rings. The van der Waals surface area contributed by atoms with Gasteiger partial charge in [0.1, 0.15) is 22.5 Å². The number of carbonyl (C=O) groups is 2. The van der Waals surface area contributed by atoms with E-state index in [-0.39, 0.29) is 29.2 Å². The molecule has 0 aromatic carbocycles. The van der Waals surface area contributed by atoms with Gasteiger partial charge in [-0.2, -0.15) is 4.98 Å². The minimum Gasteiger partial charge on any atom is -0.462 e. The van der Waals surface area contributed by atoms with Crippen LogP contribution in [-0.2, 0) is 16.1 Å². The lowest BCUT2D eigenvalue weighted by molar-refractivity contribution is -0.130. The number of aromatic amines is 1. The molecule has 1 saturated heterocycles. The summed E-state index contributed by atoms with van der Waals surface area (Å²) in [7, 11) is 0. The fourth-order valence-corrected chi connectivity index (χ4v) is 3.12. The molecule has 140 valence electrons. The quantitative estimate of drug-likeness (QED) is 0.796. The van der Waals surface area contributed by atoms with Crippen LogP contribution >= 0.6 is 0 Å². The van der Waals surface area contributed by atoms with Crippen LogP contribution in [0, 0.1) is 6.92 Å². The van der Waals surface area contributed by atoms with Crippen molar-refractivity contribution < 1.29 is 18.7 Å². The molecular weight excluding hydrogens is 340 g/mol. The van der Waals surface area contributed by atoms with Crippen LogP contribution in [0.25, 0.3) is 11.1 Å². The molecule has 0 unspecified atom stereocenters. The van der Waals surface area contributed by atoms with Gasteiger partial charge in [0.15, 0.2) is 0 Å². The highest BCUT2D eigenvalue weighted by Crippen LogP contribution is 2.22. The second-order valence-corrected chi connectivity index (χ2v) is 6.23. The smallest absolute Gasteiger partial charge is 0.342 e. The Bertz CT molecular complexity index is 892. The molecular formula is C17H22N4O5. The molecule has 2 aromatic heterocycles. The average Bonchev–Trinajstić information content (AvgIpc) is 2.92. The van der Waals surface area contributed by atoms with Crippen LogP contribution in [0.1, 0.15) is 35.8 Å². The monoisotopic (exact) mass is 362 g/mol. The maximum absolute atomic E-state index is 12.5. The van der Waals surface area contributed by atoms with Crippen molar-refractivity contribution in [3.8, 4) is 0 Å². The summed E-state index contributed by atoms with van der Waals surface area (Å²) >= 11 is 0. The number of carbonyl (C=O) groups excluding carboxylic acids is 2. The van der Waals surface area contributed by atoms with Crippen LogP contribution in [0.5, 0.6) is 0 Å². The summed E-state index contributed by atoms with van der Waals surface area (Å²) in [5, 5.41) is 0.117. The molecule has 1 aliphatic heterocycles. The van der Waals surface area contributed by atoms with Crippen molar-refractivity contribution in [2.75, 3.05) is 32.8 Å². The second-order valence-electron chi connectivity index (χ2n) is 6.23. The van der Waals surface area contributed by atoms with Crippen molar-refractivity contribution in [2.24, 2.45) is 0 Å². The zero-order valence-electron chi connectivity index (χ0n) is 15.1. The van der Waals surface area contributed by atoms with Crippen molar-refractivity contribution in [2.45, 2.75) is 27.3 Å². The summed E-state index contributed by atoms with van der Waals surface area (Å²) < 4.78 is 10.5. The van der Waals surface area contributed by atoms with Gasteiger partial charge in [0.05, 0.1) is 13.2 Å². The van der Waals surface area contributed by atoms with E-state index in [1.54, 1.807) is 25.7 Å². The van der Waals surface area contributed by atoms with Gasteiger partial charge in [-0.1, -0.05) is 0 Å². The molecule has 1 fully saturated rings. The number of ether oxygens (including phenoxy) is 1. The van der Waals surface area contributed by atoms with Crippen LogP contribution in [-0.4, -0.2) is 64.4 Å². The predicted octanol–water partition coefficient (Wildman–Crippen LogP) is 0.665. The molecule has 3 heterocycles. The first-order chi connectivity index (χ1) is 12.4. The molecule has 0 saturated carbocycles. The van der Waals surface area contributed by atoms with Crippen molar-refractivity contribution in [3.63, 3.8) is 0 Å². The Hall–Kier alpha value is -2.68. The number of H-pyrrole nitrogens is 1. The summed E-state index contributed by atoms with van der Waals surface area (Å²) in [6.07, 6.45) is 0. The van der Waals surface area contributed by atoms with Crippen LogP contribution in [0.2, 0.25) is 0 Å². The highest BCUT2D eigenvalue weighted by molar-refractivity contribution is 6.03. The molecule has 0 spiro atoms. The van der Waals surface area contributed by atoms with E-state index >= 15 is 0 Å². The van der Waals surface area contributed by atoms with E-state index in [1.165, 1.54) is 0 Å². The molecule has 9 nitrogen and oxygen atoms in total. The second kappa shape index (κ2) is 7.28. The molecule has 26 heavy (non-hydrogen) atoms. The average molecular weight is 362 g/mol. The number of hydrogen-bond acceptors (Lipinski definition) is 7. The number of furan rings is 1. The van der Waals surface area contributed by atoms with Gasteiger partial charge < -0.3 is 19.0 Å². The first-order valence-electron chi connectivity index (χ1n) is 8.58. The lowest BCUT2D eigenvalue weighted by Crippen LogP contribution is -2.47. The number of piperazine rings is 1. The number of nitrogens with one attached hydrogen (secondary N) is 1. The highest BCUT2D eigenvalue weighted by atomic mass is 16.5. The molecule has 1 N–H and O–H groups in total. The first-order valence-corrected chi connectivity index (χ1v) is 8.58. The van der Waals surface area contributed by atoms with Gasteiger partial charge in [-0.15, -0.1) is 0 Å². The van der Waals surface area contributed by atoms with Crippen molar-refractivity contribution in [1.82, 2.24) is 19.8 Å². The van der Waals surface area contributed by atoms with Crippen molar-refractivity contribution in [1.29, 1.82) is 0 Å². The minimum atomic E-state index is -0.593. The lowest BCUT2D eigenvalue weighted by atomic mass is 10.2. The fourth-order valence-electron chi connectivity index (χ4n) is 3.12. The van der Waals surface area contributed by atoms with Crippen molar-refractivity contribution >= 4 is 23.0 Å². The predicted molar refractivity (Wildman–Crippen MR) is 92.9 cm³/mol. The maximum atomic E-state index is 12.5. The van der Waals surface area contributed by atoms with E-state index < -0.39 is 11.5 Å². The third-order valence-corrected chi connectivity index (χ3v) is 4.46. The normalized spacial score (nSPS) is 15.4.